The molecule has 4 heterocycles. The summed E-state index contributed by atoms with van der Waals surface area (Å²) in [4.78, 5) is 0. The molecule has 0 saturated heterocycles. The second kappa shape index (κ2) is 35.2. The van der Waals surface area contributed by atoms with Crippen LogP contribution in [-0.4, -0.2) is 179 Å². The Morgan fingerprint density at radius 2 is 0.969 bits per heavy atom. The molecular weight excluding hydrogens is 1280 g/mol. The van der Waals surface area contributed by atoms with Crippen LogP contribution in [0.1, 0.15) is 36.6 Å². The monoisotopic (exact) mass is 1360 g/mol. The van der Waals surface area contributed by atoms with Crippen molar-refractivity contribution in [1.29, 1.82) is 0 Å². The van der Waals surface area contributed by atoms with E-state index >= 15 is 0 Å². The highest BCUT2D eigenvalue weighted by atomic mass is 127. The number of ether oxygens (including phenoxy) is 6. The van der Waals surface area contributed by atoms with Gasteiger partial charge in [-0.25, -0.2) is 9.36 Å². The molecule has 0 fully saturated rings. The molecule has 64 heavy (non-hydrogen) atoms. The molecule has 4 rings (SSSR count). The number of hydrogen-bond acceptors (Lipinski definition) is 14. The van der Waals surface area contributed by atoms with Gasteiger partial charge in [0.1, 0.15) is 40.3 Å². The Hall–Kier alpha value is -0.920. The maximum absolute atomic E-state index is 5.87. The van der Waals surface area contributed by atoms with Gasteiger partial charge in [-0.1, -0.05) is 10.4 Å². The van der Waals surface area contributed by atoms with Gasteiger partial charge in [0.05, 0.1) is 155 Å². The minimum Gasteiger partial charge on any atom is -1.00 e. The summed E-state index contributed by atoms with van der Waals surface area (Å²) in [5.74, 6) is 0. The molecule has 2 unspecified atom stereocenters. The maximum Gasteiger partial charge on any atom is 0.221 e. The standard InChI is InChI=1S/C23H48N8O3.C15H28N8O3.4HI/c1-21(34-13-11-29-17-23(27(3)25-29)19-31(7,8)9)20-33-15-14-32-12-10-28-16-22(26(2)24-28)18-30(4,5)6;1-13(26-5-3-23-11-15(9-17)19-21-23)12-25-7-6-24-4-2-22-10-14(8-16)18-20-22;;;;/h16-17,21H,10-15,18-20H2,1-9H3;10-11,13H,2-9,12,16-17H2,1H3;4*1H/q+4;;;;;/p-2. The van der Waals surface area contributed by atoms with E-state index in [-0.39, 0.29) is 108 Å². The molecule has 0 bridgehead atoms. The van der Waals surface area contributed by atoms with E-state index < -0.39 is 0 Å². The van der Waals surface area contributed by atoms with Crippen LogP contribution in [-0.2, 0) is 94.9 Å². The topological polar surface area (TPSA) is 212 Å². The Labute approximate surface area is 448 Å². The Bertz CT molecular complexity index is 1750. The van der Waals surface area contributed by atoms with Crippen molar-refractivity contribution in [3.05, 3.63) is 47.6 Å². The molecule has 2 atom stereocenters. The van der Waals surface area contributed by atoms with Gasteiger partial charge in [0.15, 0.2) is 12.4 Å². The summed E-state index contributed by atoms with van der Waals surface area (Å²) < 4.78 is 46.9. The largest absolute Gasteiger partial charge is 1.00 e. The average Bonchev–Trinajstić information content (AvgIpc) is 3.98. The first kappa shape index (κ1) is 65.2. The molecule has 26 heteroatoms. The number of aromatic nitrogens is 12. The molecule has 0 radical (unpaired) electrons. The zero-order chi connectivity index (χ0) is 44.0. The van der Waals surface area contributed by atoms with Crippen LogP contribution < -0.4 is 68.8 Å². The van der Waals surface area contributed by atoms with Crippen molar-refractivity contribution in [2.45, 2.75) is 78.4 Å². The molecule has 4 aromatic rings. The van der Waals surface area contributed by atoms with Gasteiger partial charge in [-0.05, 0) is 13.8 Å². The van der Waals surface area contributed by atoms with Gasteiger partial charge in [0, 0.05) is 25.5 Å². The van der Waals surface area contributed by atoms with Crippen LogP contribution in [0.25, 0.3) is 0 Å². The van der Waals surface area contributed by atoms with Crippen LogP contribution in [0, 0.1) is 0 Å². The molecule has 0 amide bonds. The third-order valence-corrected chi connectivity index (χ3v) is 8.61. The van der Waals surface area contributed by atoms with Crippen molar-refractivity contribution < 1.29 is 94.7 Å². The summed E-state index contributed by atoms with van der Waals surface area (Å²) in [6.07, 6.45) is 7.85. The van der Waals surface area contributed by atoms with E-state index in [0.717, 1.165) is 46.5 Å². The van der Waals surface area contributed by atoms with Crippen LogP contribution in [0.5, 0.6) is 0 Å². The molecular formula is C38H78I4N16O6+2. The molecule has 0 spiro atoms. The van der Waals surface area contributed by atoms with E-state index in [0.29, 0.717) is 92.2 Å². The highest BCUT2D eigenvalue weighted by molar-refractivity contribution is 14.0. The molecule has 372 valence electrons. The lowest BCUT2D eigenvalue weighted by atomic mass is 10.4. The summed E-state index contributed by atoms with van der Waals surface area (Å²) in [5.41, 5.74) is 14.9. The second-order valence-corrected chi connectivity index (χ2v) is 16.8. The zero-order valence-corrected chi connectivity index (χ0v) is 48.6. The highest BCUT2D eigenvalue weighted by Crippen LogP contribution is 2.04. The Morgan fingerprint density at radius 3 is 1.39 bits per heavy atom. The Kier molecular flexibility index (Phi) is 35.9. The maximum atomic E-state index is 5.87. The predicted octanol–water partition coefficient (Wildman–Crippen LogP) is -6.55. The smallest absolute Gasteiger partial charge is 0.221 e. The molecule has 0 aliphatic rings. The number of quaternary nitrogens is 2. The molecule has 22 nitrogen and oxygen atoms in total. The van der Waals surface area contributed by atoms with Gasteiger partial charge >= 0.3 is 0 Å². The van der Waals surface area contributed by atoms with Crippen LogP contribution >= 0.6 is 48.0 Å². The number of aryl methyl sites for hydroxylation is 2. The third-order valence-electron chi connectivity index (χ3n) is 8.61. The first-order valence-corrected chi connectivity index (χ1v) is 20.7. The van der Waals surface area contributed by atoms with E-state index in [2.05, 4.69) is 85.7 Å². The number of nitrogens with two attached hydrogens (primary N) is 2. The van der Waals surface area contributed by atoms with Gasteiger partial charge < -0.3 is 96.8 Å². The molecule has 4 N–H and O–H groups in total. The molecule has 0 aliphatic heterocycles. The van der Waals surface area contributed by atoms with E-state index in [1.807, 2.05) is 59.1 Å². The minimum atomic E-state index is -0.00247. The fraction of sp³-hybridized carbons (Fsp3) is 0.789. The van der Waals surface area contributed by atoms with Crippen molar-refractivity contribution in [3.8, 4) is 0 Å². The third kappa shape index (κ3) is 29.1. The molecule has 0 aromatic carbocycles. The number of rotatable bonds is 30. The van der Waals surface area contributed by atoms with Crippen molar-refractivity contribution in [2.24, 2.45) is 25.6 Å². The Morgan fingerprint density at radius 1 is 0.578 bits per heavy atom. The first-order valence-electron chi connectivity index (χ1n) is 20.7. The van der Waals surface area contributed by atoms with Crippen molar-refractivity contribution in [1.82, 2.24) is 49.8 Å². The van der Waals surface area contributed by atoms with E-state index in [1.54, 1.807) is 9.36 Å². The van der Waals surface area contributed by atoms with Crippen molar-refractivity contribution >= 4 is 48.0 Å². The lowest BCUT2D eigenvalue weighted by Gasteiger charge is -2.21. The van der Waals surface area contributed by atoms with Crippen LogP contribution in [0.4, 0.5) is 0 Å². The quantitative estimate of drug-likeness (QED) is 0.0215. The molecule has 0 aliphatic carbocycles. The lowest BCUT2D eigenvalue weighted by molar-refractivity contribution is -0.884. The van der Waals surface area contributed by atoms with E-state index in [1.165, 1.54) is 11.4 Å². The summed E-state index contributed by atoms with van der Waals surface area (Å²) in [6.45, 7) is 14.9. The highest BCUT2D eigenvalue weighted by Gasteiger charge is 2.21. The van der Waals surface area contributed by atoms with E-state index in [4.69, 9.17) is 39.9 Å². The lowest BCUT2D eigenvalue weighted by Crippen LogP contribution is -3.00. The normalized spacial score (nSPS) is 12.3. The van der Waals surface area contributed by atoms with Gasteiger partial charge in [-0.3, -0.25) is 0 Å². The zero-order valence-electron chi connectivity index (χ0n) is 39.6. The van der Waals surface area contributed by atoms with Crippen molar-refractivity contribution in [3.63, 3.8) is 0 Å². The number of hydrogen-bond donors (Lipinski definition) is 2. The van der Waals surface area contributed by atoms with Crippen LogP contribution in [0.15, 0.2) is 24.8 Å². The average molecular weight is 1360 g/mol. The predicted molar refractivity (Wildman–Crippen MR) is 251 cm³/mol. The van der Waals surface area contributed by atoms with E-state index in [9.17, 15) is 0 Å². The fourth-order valence-electron chi connectivity index (χ4n) is 5.63. The summed E-state index contributed by atoms with van der Waals surface area (Å²) in [7, 11) is 17.0. The fourth-order valence-corrected chi connectivity index (χ4v) is 5.63. The van der Waals surface area contributed by atoms with Gasteiger partial charge in [-0.15, -0.1) is 76.9 Å². The SMILES string of the molecule is CC(COCCOCC[n+]1cc(C[N+](C)(C)C)n(C)n1)OCC[n+]1cc(C[N+](C)(C)C)n(C)n1.CC(COCCOCCn1cc(CN)nn1)OCCn1cc(CN)nn1.I.I.[I-].[I-]. The molecule has 4 aromatic heterocycles. The second-order valence-electron chi connectivity index (χ2n) is 16.8. The minimum absolute atomic E-state index is 0. The Balaban J connectivity index is 0. The van der Waals surface area contributed by atoms with Gasteiger partial charge in [-0.2, -0.15) is 0 Å². The number of nitrogens with zero attached hydrogens (tertiary/aromatic N) is 14. The molecule has 0 saturated carbocycles. The number of halogens is 4. The summed E-state index contributed by atoms with van der Waals surface area (Å²) in [5, 5.41) is 24.8. The van der Waals surface area contributed by atoms with Gasteiger partial charge in [0.2, 0.25) is 11.4 Å². The summed E-state index contributed by atoms with van der Waals surface area (Å²) >= 11 is 0. The van der Waals surface area contributed by atoms with Crippen LogP contribution in [0.3, 0.4) is 0 Å². The first-order chi connectivity index (χ1) is 28.5. The van der Waals surface area contributed by atoms with Gasteiger partial charge in [0.25, 0.3) is 0 Å². The summed E-state index contributed by atoms with van der Waals surface area (Å²) in [6, 6.07) is 0. The van der Waals surface area contributed by atoms with Crippen molar-refractivity contribution in [2.75, 3.05) is 108 Å². The van der Waals surface area contributed by atoms with Crippen LogP contribution in [0.2, 0.25) is 0 Å².